The van der Waals surface area contributed by atoms with Crippen molar-refractivity contribution in [2.24, 2.45) is 9.98 Å². The highest BCUT2D eigenvalue weighted by Gasteiger charge is 2.41. The Hall–Kier alpha value is -3.47. The molecule has 2 aromatic carbocycles. The number of rotatable bonds is 5. The fourth-order valence-corrected chi connectivity index (χ4v) is 3.95. The minimum absolute atomic E-state index is 0.0280. The van der Waals surface area contributed by atoms with Crippen LogP contribution in [0.15, 0.2) is 87.4 Å². The highest BCUT2D eigenvalue weighted by atomic mass is 35.5. The number of halogens is 1. The molecular formula is C25H21ClN2O4. The molecule has 6 nitrogen and oxygen atoms in total. The molecule has 1 aliphatic carbocycles. The Labute approximate surface area is 190 Å². The van der Waals surface area contributed by atoms with Gasteiger partial charge in [0.25, 0.3) is 0 Å². The average molecular weight is 449 g/mol. The van der Waals surface area contributed by atoms with Crippen LogP contribution in [-0.4, -0.2) is 24.4 Å². The molecule has 0 spiro atoms. The lowest BCUT2D eigenvalue weighted by atomic mass is 9.77. The maximum atomic E-state index is 13.0. The Morgan fingerprint density at radius 2 is 1.88 bits per heavy atom. The standard InChI is InChI=1S/C25H21ClN2O4/c1-2-31-25(30)23-21(16-7-4-3-5-8-16)22-19(29)9-6-10-20(22)32-24(23)28-15-27-18-13-11-17(26)12-14-18/h3-5,7-8,11-14,21H,2,6,9-10H2,1H3. The first-order valence-electron chi connectivity index (χ1n) is 10.4. The molecular weight excluding hydrogens is 428 g/mol. The van der Waals surface area contributed by atoms with Crippen LogP contribution >= 0.6 is 11.6 Å². The highest BCUT2D eigenvalue weighted by molar-refractivity contribution is 6.30. The molecule has 0 saturated carbocycles. The van der Waals surface area contributed by atoms with Crippen LogP contribution in [0, 0.1) is 0 Å². The average Bonchev–Trinajstić information content (AvgIpc) is 2.80. The van der Waals surface area contributed by atoms with Crippen LogP contribution in [0.4, 0.5) is 5.69 Å². The van der Waals surface area contributed by atoms with E-state index in [9.17, 15) is 9.59 Å². The van der Waals surface area contributed by atoms with Crippen molar-refractivity contribution < 1.29 is 19.1 Å². The van der Waals surface area contributed by atoms with Crippen LogP contribution in [0.3, 0.4) is 0 Å². The molecule has 0 fully saturated rings. The van der Waals surface area contributed by atoms with Gasteiger partial charge in [0, 0.05) is 23.4 Å². The van der Waals surface area contributed by atoms with E-state index in [1.165, 1.54) is 0 Å². The number of carbonyl (C=O) groups excluding carboxylic acids is 2. The van der Waals surface area contributed by atoms with Crippen LogP contribution in [0.2, 0.25) is 5.02 Å². The van der Waals surface area contributed by atoms with Gasteiger partial charge in [-0.2, -0.15) is 4.99 Å². The van der Waals surface area contributed by atoms with Crippen molar-refractivity contribution in [2.45, 2.75) is 32.1 Å². The molecule has 1 heterocycles. The molecule has 4 rings (SSSR count). The van der Waals surface area contributed by atoms with Gasteiger partial charge in [-0.15, -0.1) is 4.99 Å². The summed E-state index contributed by atoms with van der Waals surface area (Å²) in [6.45, 7) is 1.90. The number of ketones is 1. The van der Waals surface area contributed by atoms with Gasteiger partial charge in [-0.05, 0) is 43.2 Å². The van der Waals surface area contributed by atoms with Crippen molar-refractivity contribution in [3.05, 3.63) is 88.0 Å². The third kappa shape index (κ3) is 4.57. The second-order valence-corrected chi connectivity index (χ2v) is 7.74. The zero-order chi connectivity index (χ0) is 22.5. The Balaban J connectivity index is 1.84. The topological polar surface area (TPSA) is 77.3 Å². The molecule has 0 radical (unpaired) electrons. The number of aliphatic imine (C=N–C) groups is 2. The van der Waals surface area contributed by atoms with Gasteiger partial charge in [-0.25, -0.2) is 4.79 Å². The van der Waals surface area contributed by atoms with Gasteiger partial charge in [0.2, 0.25) is 5.88 Å². The van der Waals surface area contributed by atoms with E-state index in [0.29, 0.717) is 41.3 Å². The SMILES string of the molecule is CCOC(=O)C1=C(N=C=Nc2ccc(Cl)cc2)OC2=C(C(=O)CCC2)C1c1ccccc1. The fourth-order valence-electron chi connectivity index (χ4n) is 3.82. The molecule has 2 aliphatic rings. The van der Waals surface area contributed by atoms with E-state index in [1.807, 2.05) is 30.3 Å². The summed E-state index contributed by atoms with van der Waals surface area (Å²) in [6, 6.07) is 18.8. The largest absolute Gasteiger partial charge is 0.462 e. The summed E-state index contributed by atoms with van der Waals surface area (Å²) in [4.78, 5) is 34.3. The van der Waals surface area contributed by atoms with Crippen LogP contribution in [0.1, 0.15) is 37.7 Å². The monoisotopic (exact) mass is 448 g/mol. The van der Waals surface area contributed by atoms with Crippen molar-refractivity contribution in [1.29, 1.82) is 0 Å². The van der Waals surface area contributed by atoms with Crippen molar-refractivity contribution in [3.63, 3.8) is 0 Å². The summed E-state index contributed by atoms with van der Waals surface area (Å²) >= 11 is 5.91. The lowest BCUT2D eigenvalue weighted by molar-refractivity contribution is -0.139. The molecule has 32 heavy (non-hydrogen) atoms. The van der Waals surface area contributed by atoms with Crippen LogP contribution in [-0.2, 0) is 19.1 Å². The Morgan fingerprint density at radius 3 is 2.59 bits per heavy atom. The van der Waals surface area contributed by atoms with Gasteiger partial charge in [-0.3, -0.25) is 4.79 Å². The van der Waals surface area contributed by atoms with E-state index in [1.54, 1.807) is 31.2 Å². The summed E-state index contributed by atoms with van der Waals surface area (Å²) < 4.78 is 11.3. The number of allylic oxidation sites excluding steroid dienone is 2. The van der Waals surface area contributed by atoms with Crippen molar-refractivity contribution in [2.75, 3.05) is 6.61 Å². The maximum absolute atomic E-state index is 13.0. The first-order chi connectivity index (χ1) is 15.6. The third-order valence-electron chi connectivity index (χ3n) is 5.22. The summed E-state index contributed by atoms with van der Waals surface area (Å²) in [7, 11) is 0. The minimum atomic E-state index is -0.622. The second kappa shape index (κ2) is 9.77. The number of ether oxygens (including phenoxy) is 2. The van der Waals surface area contributed by atoms with Gasteiger partial charge in [0.1, 0.15) is 17.3 Å². The van der Waals surface area contributed by atoms with E-state index < -0.39 is 11.9 Å². The number of hydrogen-bond acceptors (Lipinski definition) is 6. The normalized spacial score (nSPS) is 17.8. The second-order valence-electron chi connectivity index (χ2n) is 7.30. The molecule has 0 aromatic heterocycles. The molecule has 7 heteroatoms. The minimum Gasteiger partial charge on any atom is -0.462 e. The molecule has 2 aromatic rings. The predicted octanol–water partition coefficient (Wildman–Crippen LogP) is 5.74. The molecule has 0 bridgehead atoms. The highest BCUT2D eigenvalue weighted by Crippen LogP contribution is 2.45. The Kier molecular flexibility index (Phi) is 6.64. The molecule has 1 unspecified atom stereocenters. The number of nitrogens with zero attached hydrogens (tertiary/aromatic N) is 2. The lowest BCUT2D eigenvalue weighted by Crippen LogP contribution is -2.29. The van der Waals surface area contributed by atoms with Gasteiger partial charge in [0.05, 0.1) is 18.2 Å². The Bertz CT molecular complexity index is 1160. The molecule has 1 atom stereocenters. The zero-order valence-corrected chi connectivity index (χ0v) is 18.3. The fraction of sp³-hybridized carbons (Fsp3) is 0.240. The number of carbonyl (C=O) groups is 2. The zero-order valence-electron chi connectivity index (χ0n) is 17.5. The lowest BCUT2D eigenvalue weighted by Gasteiger charge is -2.32. The number of Topliss-reactive ketones (excluding diaryl/α,β-unsaturated/α-hetero) is 1. The Morgan fingerprint density at radius 1 is 1.12 bits per heavy atom. The first kappa shape index (κ1) is 21.8. The maximum Gasteiger partial charge on any atom is 0.340 e. The third-order valence-corrected chi connectivity index (χ3v) is 5.47. The van der Waals surface area contributed by atoms with Gasteiger partial charge in [0.15, 0.2) is 5.78 Å². The van der Waals surface area contributed by atoms with Gasteiger partial charge < -0.3 is 9.47 Å². The van der Waals surface area contributed by atoms with E-state index in [2.05, 4.69) is 16.0 Å². The van der Waals surface area contributed by atoms with Crippen molar-refractivity contribution >= 4 is 35.0 Å². The first-order valence-corrected chi connectivity index (χ1v) is 10.8. The van der Waals surface area contributed by atoms with Crippen LogP contribution < -0.4 is 0 Å². The number of esters is 1. The van der Waals surface area contributed by atoms with E-state index in [0.717, 1.165) is 5.56 Å². The van der Waals surface area contributed by atoms with Gasteiger partial charge in [-0.1, -0.05) is 41.9 Å². The summed E-state index contributed by atoms with van der Waals surface area (Å²) in [5, 5.41) is 0.593. The smallest absolute Gasteiger partial charge is 0.340 e. The number of hydrogen-bond donors (Lipinski definition) is 0. The van der Waals surface area contributed by atoms with Crippen LogP contribution in [0.5, 0.6) is 0 Å². The molecule has 0 N–H and O–H groups in total. The predicted molar refractivity (Wildman–Crippen MR) is 121 cm³/mol. The van der Waals surface area contributed by atoms with Crippen molar-refractivity contribution in [1.82, 2.24) is 0 Å². The van der Waals surface area contributed by atoms with E-state index >= 15 is 0 Å². The van der Waals surface area contributed by atoms with E-state index in [-0.39, 0.29) is 23.8 Å². The molecule has 1 aliphatic heterocycles. The molecule has 0 amide bonds. The van der Waals surface area contributed by atoms with Gasteiger partial charge >= 0.3 is 5.97 Å². The molecule has 0 saturated heterocycles. The summed E-state index contributed by atoms with van der Waals surface area (Å²) in [5.41, 5.74) is 2.06. The van der Waals surface area contributed by atoms with Crippen LogP contribution in [0.25, 0.3) is 0 Å². The summed E-state index contributed by atoms with van der Waals surface area (Å²) in [6.07, 6.45) is 1.69. The number of benzene rings is 2. The van der Waals surface area contributed by atoms with Crippen molar-refractivity contribution in [3.8, 4) is 0 Å². The quantitative estimate of drug-likeness (QED) is 0.431. The molecule has 162 valence electrons. The van der Waals surface area contributed by atoms with E-state index in [4.69, 9.17) is 21.1 Å². The summed E-state index contributed by atoms with van der Waals surface area (Å²) in [5.74, 6) is -0.653.